The van der Waals surface area contributed by atoms with Crippen molar-refractivity contribution in [1.82, 2.24) is 4.90 Å². The Labute approximate surface area is 103 Å². The van der Waals surface area contributed by atoms with E-state index in [2.05, 4.69) is 32.6 Å². The highest BCUT2D eigenvalue weighted by atomic mass is 19.1. The Balaban J connectivity index is 2.81. The molecule has 0 aromatic heterocycles. The third kappa shape index (κ3) is 4.35. The van der Waals surface area contributed by atoms with E-state index in [1.807, 2.05) is 0 Å². The predicted octanol–water partition coefficient (Wildman–Crippen LogP) is 3.40. The zero-order chi connectivity index (χ0) is 13.0. The Morgan fingerprint density at radius 3 is 2.41 bits per heavy atom. The number of hydrogen-bond donors (Lipinski definition) is 1. The van der Waals surface area contributed by atoms with Gasteiger partial charge in [0.2, 0.25) is 0 Å². The molecular weight excluding hydrogens is 217 g/mol. The van der Waals surface area contributed by atoms with Crippen LogP contribution in [0.1, 0.15) is 33.3 Å². The third-order valence-electron chi connectivity index (χ3n) is 2.74. The Morgan fingerprint density at radius 1 is 1.24 bits per heavy atom. The van der Waals surface area contributed by atoms with Crippen LogP contribution in [0.3, 0.4) is 0 Å². The average Bonchev–Trinajstić information content (AvgIpc) is 2.21. The van der Waals surface area contributed by atoms with Gasteiger partial charge in [0.05, 0.1) is 0 Å². The van der Waals surface area contributed by atoms with Crippen LogP contribution in [0.15, 0.2) is 18.2 Å². The average molecular weight is 239 g/mol. The first-order valence-corrected chi connectivity index (χ1v) is 6.11. The molecule has 17 heavy (non-hydrogen) atoms. The van der Waals surface area contributed by atoms with Gasteiger partial charge < -0.3 is 5.11 Å². The lowest BCUT2D eigenvalue weighted by Crippen LogP contribution is -2.33. The molecule has 1 rings (SSSR count). The third-order valence-corrected chi connectivity index (χ3v) is 2.74. The zero-order valence-electron chi connectivity index (χ0n) is 11.1. The Hall–Kier alpha value is -1.09. The van der Waals surface area contributed by atoms with E-state index in [9.17, 15) is 9.50 Å². The number of aromatic hydroxyl groups is 1. The van der Waals surface area contributed by atoms with Crippen molar-refractivity contribution < 1.29 is 9.50 Å². The lowest BCUT2D eigenvalue weighted by atomic mass is 10.1. The van der Waals surface area contributed by atoms with Crippen molar-refractivity contribution in [3.05, 3.63) is 29.6 Å². The minimum Gasteiger partial charge on any atom is -0.508 e. The maximum absolute atomic E-state index is 13.1. The second-order valence-corrected chi connectivity index (χ2v) is 5.19. The molecule has 3 heteroatoms. The monoisotopic (exact) mass is 239 g/mol. The SMILES string of the molecule is CC(C)CN(Cc1cc(F)ccc1O)C(C)C. The molecule has 96 valence electrons. The summed E-state index contributed by atoms with van der Waals surface area (Å²) in [5, 5.41) is 9.71. The minimum absolute atomic E-state index is 0.167. The van der Waals surface area contributed by atoms with Crippen LogP contribution in [0.25, 0.3) is 0 Å². The Morgan fingerprint density at radius 2 is 1.88 bits per heavy atom. The van der Waals surface area contributed by atoms with E-state index in [0.29, 0.717) is 24.1 Å². The second kappa shape index (κ2) is 6.01. The fourth-order valence-electron chi connectivity index (χ4n) is 1.83. The van der Waals surface area contributed by atoms with Crippen molar-refractivity contribution in [3.8, 4) is 5.75 Å². The van der Waals surface area contributed by atoms with E-state index in [0.717, 1.165) is 6.54 Å². The van der Waals surface area contributed by atoms with Gasteiger partial charge in [-0.25, -0.2) is 4.39 Å². The largest absolute Gasteiger partial charge is 0.508 e. The van der Waals surface area contributed by atoms with Crippen molar-refractivity contribution >= 4 is 0 Å². The first kappa shape index (κ1) is 14.0. The molecule has 0 spiro atoms. The number of nitrogens with zero attached hydrogens (tertiary/aromatic N) is 1. The van der Waals surface area contributed by atoms with Gasteiger partial charge in [-0.2, -0.15) is 0 Å². The van der Waals surface area contributed by atoms with Crippen molar-refractivity contribution in [2.45, 2.75) is 40.3 Å². The molecule has 0 atom stereocenters. The van der Waals surface area contributed by atoms with E-state index in [-0.39, 0.29) is 11.6 Å². The van der Waals surface area contributed by atoms with Crippen molar-refractivity contribution in [2.75, 3.05) is 6.54 Å². The first-order valence-electron chi connectivity index (χ1n) is 6.11. The highest BCUT2D eigenvalue weighted by molar-refractivity contribution is 5.32. The number of hydrogen-bond acceptors (Lipinski definition) is 2. The number of phenols is 1. The summed E-state index contributed by atoms with van der Waals surface area (Å²) in [6, 6.07) is 4.48. The molecule has 1 N–H and O–H groups in total. The number of halogens is 1. The van der Waals surface area contributed by atoms with Crippen LogP contribution in [0, 0.1) is 11.7 Å². The molecule has 0 fully saturated rings. The maximum atomic E-state index is 13.1. The van der Waals surface area contributed by atoms with Crippen LogP contribution in [-0.4, -0.2) is 22.6 Å². The Kier molecular flexibility index (Phi) is 4.94. The summed E-state index contributed by atoms with van der Waals surface area (Å²) in [4.78, 5) is 2.24. The van der Waals surface area contributed by atoms with Gasteiger partial charge in [0.1, 0.15) is 11.6 Å². The molecule has 0 radical (unpaired) electrons. The molecule has 0 unspecified atom stereocenters. The van der Waals surface area contributed by atoms with Crippen LogP contribution in [0.2, 0.25) is 0 Å². The Bertz CT molecular complexity index is 363. The van der Waals surface area contributed by atoms with Gasteiger partial charge in [-0.1, -0.05) is 13.8 Å². The van der Waals surface area contributed by atoms with E-state index in [1.165, 1.54) is 18.2 Å². The summed E-state index contributed by atoms with van der Waals surface area (Å²) in [5.74, 6) is 0.417. The second-order valence-electron chi connectivity index (χ2n) is 5.19. The van der Waals surface area contributed by atoms with Gasteiger partial charge in [0.25, 0.3) is 0 Å². The normalized spacial score (nSPS) is 11.8. The molecule has 0 amide bonds. The fraction of sp³-hybridized carbons (Fsp3) is 0.571. The van der Waals surface area contributed by atoms with Crippen LogP contribution in [0.5, 0.6) is 5.75 Å². The van der Waals surface area contributed by atoms with Crippen molar-refractivity contribution in [2.24, 2.45) is 5.92 Å². The summed E-state index contributed by atoms with van der Waals surface area (Å²) in [7, 11) is 0. The molecule has 1 aromatic rings. The lowest BCUT2D eigenvalue weighted by molar-refractivity contribution is 0.187. The van der Waals surface area contributed by atoms with Gasteiger partial charge in [-0.3, -0.25) is 4.90 Å². The summed E-state index contributed by atoms with van der Waals surface area (Å²) in [5.41, 5.74) is 0.652. The zero-order valence-corrected chi connectivity index (χ0v) is 11.1. The van der Waals surface area contributed by atoms with Crippen LogP contribution in [-0.2, 0) is 6.54 Å². The molecule has 0 saturated heterocycles. The van der Waals surface area contributed by atoms with Gasteiger partial charge in [0, 0.05) is 24.7 Å². The molecule has 0 aliphatic rings. The fourth-order valence-corrected chi connectivity index (χ4v) is 1.83. The van der Waals surface area contributed by atoms with E-state index in [1.54, 1.807) is 0 Å². The molecule has 0 aliphatic carbocycles. The summed E-state index contributed by atoms with van der Waals surface area (Å²) in [6.07, 6.45) is 0. The van der Waals surface area contributed by atoms with E-state index >= 15 is 0 Å². The smallest absolute Gasteiger partial charge is 0.123 e. The molecular formula is C14H22FNO. The van der Waals surface area contributed by atoms with E-state index < -0.39 is 0 Å². The number of benzene rings is 1. The van der Waals surface area contributed by atoms with Gasteiger partial charge >= 0.3 is 0 Å². The highest BCUT2D eigenvalue weighted by Crippen LogP contribution is 2.21. The molecule has 0 heterocycles. The van der Waals surface area contributed by atoms with Crippen LogP contribution >= 0.6 is 0 Å². The number of rotatable bonds is 5. The maximum Gasteiger partial charge on any atom is 0.123 e. The van der Waals surface area contributed by atoms with Crippen molar-refractivity contribution in [3.63, 3.8) is 0 Å². The molecule has 2 nitrogen and oxygen atoms in total. The number of phenolic OH excluding ortho intramolecular Hbond substituents is 1. The first-order chi connectivity index (χ1) is 7.90. The molecule has 0 aliphatic heterocycles. The standard InChI is InChI=1S/C14H22FNO/c1-10(2)8-16(11(3)4)9-12-7-13(15)5-6-14(12)17/h5-7,10-11,17H,8-9H2,1-4H3. The molecule has 0 bridgehead atoms. The topological polar surface area (TPSA) is 23.5 Å². The quantitative estimate of drug-likeness (QED) is 0.851. The summed E-state index contributed by atoms with van der Waals surface area (Å²) < 4.78 is 13.1. The van der Waals surface area contributed by atoms with Gasteiger partial charge in [0.15, 0.2) is 0 Å². The summed E-state index contributed by atoms with van der Waals surface area (Å²) >= 11 is 0. The minimum atomic E-state index is -0.300. The van der Waals surface area contributed by atoms with Gasteiger partial charge in [-0.15, -0.1) is 0 Å². The van der Waals surface area contributed by atoms with Gasteiger partial charge in [-0.05, 0) is 38.0 Å². The van der Waals surface area contributed by atoms with Crippen molar-refractivity contribution in [1.29, 1.82) is 0 Å². The highest BCUT2D eigenvalue weighted by Gasteiger charge is 2.14. The van der Waals surface area contributed by atoms with Crippen LogP contribution in [0.4, 0.5) is 4.39 Å². The predicted molar refractivity (Wildman–Crippen MR) is 68.4 cm³/mol. The molecule has 1 aromatic carbocycles. The lowest BCUT2D eigenvalue weighted by Gasteiger charge is -2.28. The van der Waals surface area contributed by atoms with E-state index in [4.69, 9.17) is 0 Å². The van der Waals surface area contributed by atoms with Crippen LogP contribution < -0.4 is 0 Å². The molecule has 0 saturated carbocycles. The summed E-state index contributed by atoms with van der Waals surface area (Å²) in [6.45, 7) is 10.0.